The number of anilines is 1. The number of para-hydroxylation sites is 1. The number of ether oxygens (including phenoxy) is 1. The third-order valence-corrected chi connectivity index (χ3v) is 3.27. The van der Waals surface area contributed by atoms with Crippen molar-refractivity contribution in [3.8, 4) is 11.1 Å². The van der Waals surface area contributed by atoms with Crippen LogP contribution < -0.4 is 5.73 Å². The van der Waals surface area contributed by atoms with Crippen LogP contribution in [0.4, 0.5) is 18.9 Å². The summed E-state index contributed by atoms with van der Waals surface area (Å²) in [5, 5.41) is 0. The third kappa shape index (κ3) is 3.55. The maximum absolute atomic E-state index is 12.8. The van der Waals surface area contributed by atoms with Crippen LogP contribution in [-0.2, 0) is 17.3 Å². The Morgan fingerprint density at radius 1 is 1.10 bits per heavy atom. The van der Waals surface area contributed by atoms with Crippen LogP contribution >= 0.6 is 0 Å². The quantitative estimate of drug-likeness (QED) is 0.860. The highest BCUT2D eigenvalue weighted by molar-refractivity contribution is 5.78. The van der Waals surface area contributed by atoms with Crippen molar-refractivity contribution in [1.29, 1.82) is 0 Å². The number of hydrogen-bond acceptors (Lipinski definition) is 2. The first kappa shape index (κ1) is 15.4. The normalized spacial score (nSPS) is 11.6. The molecule has 0 bridgehead atoms. The van der Waals surface area contributed by atoms with E-state index >= 15 is 0 Å². The molecule has 0 saturated heterocycles. The molecule has 0 saturated carbocycles. The molecular weight excluding hydrogens is 279 g/mol. The van der Waals surface area contributed by atoms with Gasteiger partial charge >= 0.3 is 6.18 Å². The second-order valence-corrected chi connectivity index (χ2v) is 4.70. The van der Waals surface area contributed by atoms with Crippen molar-refractivity contribution in [3.63, 3.8) is 0 Å². The van der Waals surface area contributed by atoms with Gasteiger partial charge in [0, 0.05) is 18.4 Å². The summed E-state index contributed by atoms with van der Waals surface area (Å²) in [6.07, 6.45) is -3.74. The van der Waals surface area contributed by atoms with E-state index in [1.54, 1.807) is 25.3 Å². The highest BCUT2D eigenvalue weighted by Gasteiger charge is 2.30. The maximum atomic E-state index is 12.8. The molecular formula is C16H16F3NO. The third-order valence-electron chi connectivity index (χ3n) is 3.27. The van der Waals surface area contributed by atoms with Crippen LogP contribution in [0.25, 0.3) is 11.1 Å². The lowest BCUT2D eigenvalue weighted by atomic mass is 9.97. The SMILES string of the molecule is COCCc1cccc(-c2cccc(C(F)(F)F)c2)c1N. The van der Waals surface area contributed by atoms with Crippen molar-refractivity contribution < 1.29 is 17.9 Å². The predicted octanol–water partition coefficient (Wildman–Crippen LogP) is 4.14. The Balaban J connectivity index is 2.43. The fourth-order valence-electron chi connectivity index (χ4n) is 2.16. The van der Waals surface area contributed by atoms with E-state index in [2.05, 4.69) is 0 Å². The summed E-state index contributed by atoms with van der Waals surface area (Å²) in [4.78, 5) is 0. The fourth-order valence-corrected chi connectivity index (χ4v) is 2.16. The van der Waals surface area contributed by atoms with Gasteiger partial charge in [-0.1, -0.05) is 30.3 Å². The van der Waals surface area contributed by atoms with E-state index in [-0.39, 0.29) is 0 Å². The summed E-state index contributed by atoms with van der Waals surface area (Å²) < 4.78 is 43.4. The first-order chi connectivity index (χ1) is 9.93. The second kappa shape index (κ2) is 6.18. The minimum Gasteiger partial charge on any atom is -0.398 e. The van der Waals surface area contributed by atoms with Crippen molar-refractivity contribution in [2.75, 3.05) is 19.5 Å². The Labute approximate surface area is 121 Å². The molecule has 2 aromatic carbocycles. The Hall–Kier alpha value is -2.01. The van der Waals surface area contributed by atoms with Crippen LogP contribution in [0.3, 0.4) is 0 Å². The number of hydrogen-bond donors (Lipinski definition) is 1. The van der Waals surface area contributed by atoms with Gasteiger partial charge in [0.2, 0.25) is 0 Å². The molecule has 2 aromatic rings. The van der Waals surface area contributed by atoms with E-state index in [1.807, 2.05) is 6.07 Å². The fraction of sp³-hybridized carbons (Fsp3) is 0.250. The van der Waals surface area contributed by atoms with Crippen LogP contribution in [0, 0.1) is 0 Å². The van der Waals surface area contributed by atoms with E-state index in [9.17, 15) is 13.2 Å². The number of alkyl halides is 3. The van der Waals surface area contributed by atoms with E-state index in [4.69, 9.17) is 10.5 Å². The molecule has 21 heavy (non-hydrogen) atoms. The molecule has 112 valence electrons. The minimum atomic E-state index is -4.36. The van der Waals surface area contributed by atoms with E-state index in [1.165, 1.54) is 6.07 Å². The molecule has 0 spiro atoms. The molecule has 0 aromatic heterocycles. The van der Waals surface area contributed by atoms with Crippen molar-refractivity contribution in [1.82, 2.24) is 0 Å². The first-order valence-electron chi connectivity index (χ1n) is 6.47. The van der Waals surface area contributed by atoms with Crippen molar-refractivity contribution >= 4 is 5.69 Å². The topological polar surface area (TPSA) is 35.2 Å². The van der Waals surface area contributed by atoms with Crippen LogP contribution in [-0.4, -0.2) is 13.7 Å². The molecule has 0 aliphatic carbocycles. The average molecular weight is 295 g/mol. The highest BCUT2D eigenvalue weighted by Crippen LogP contribution is 2.34. The lowest BCUT2D eigenvalue weighted by Gasteiger charge is -2.13. The molecule has 0 unspecified atom stereocenters. The summed E-state index contributed by atoms with van der Waals surface area (Å²) in [6.45, 7) is 0.510. The second-order valence-electron chi connectivity index (χ2n) is 4.70. The number of nitrogen functional groups attached to an aromatic ring is 1. The summed E-state index contributed by atoms with van der Waals surface area (Å²) in [6, 6.07) is 10.5. The highest BCUT2D eigenvalue weighted by atomic mass is 19.4. The van der Waals surface area contributed by atoms with Gasteiger partial charge in [-0.15, -0.1) is 0 Å². The summed E-state index contributed by atoms with van der Waals surface area (Å²) >= 11 is 0. The number of halogens is 3. The van der Waals surface area contributed by atoms with Crippen LogP contribution in [0.5, 0.6) is 0 Å². The van der Waals surface area contributed by atoms with Gasteiger partial charge in [0.05, 0.1) is 12.2 Å². The molecule has 2 nitrogen and oxygen atoms in total. The number of methoxy groups -OCH3 is 1. The summed E-state index contributed by atoms with van der Waals surface area (Å²) in [7, 11) is 1.59. The van der Waals surface area contributed by atoms with Crippen LogP contribution in [0.2, 0.25) is 0 Å². The van der Waals surface area contributed by atoms with Crippen molar-refractivity contribution in [2.45, 2.75) is 12.6 Å². The number of rotatable bonds is 4. The molecule has 2 N–H and O–H groups in total. The van der Waals surface area contributed by atoms with E-state index in [0.29, 0.717) is 29.8 Å². The predicted molar refractivity (Wildman–Crippen MR) is 76.9 cm³/mol. The molecule has 0 heterocycles. The van der Waals surface area contributed by atoms with Gasteiger partial charge in [0.1, 0.15) is 0 Å². The number of benzene rings is 2. The van der Waals surface area contributed by atoms with Gasteiger partial charge in [0.25, 0.3) is 0 Å². The molecule has 0 fully saturated rings. The molecule has 0 atom stereocenters. The summed E-state index contributed by atoms with van der Waals surface area (Å²) in [5.41, 5.74) is 7.83. The van der Waals surface area contributed by atoms with Gasteiger partial charge in [0.15, 0.2) is 0 Å². The van der Waals surface area contributed by atoms with Gasteiger partial charge in [-0.2, -0.15) is 13.2 Å². The van der Waals surface area contributed by atoms with Gasteiger partial charge < -0.3 is 10.5 Å². The lowest BCUT2D eigenvalue weighted by Crippen LogP contribution is -2.05. The maximum Gasteiger partial charge on any atom is 0.416 e. The Kier molecular flexibility index (Phi) is 4.53. The van der Waals surface area contributed by atoms with Gasteiger partial charge in [-0.05, 0) is 29.7 Å². The smallest absolute Gasteiger partial charge is 0.398 e. The van der Waals surface area contributed by atoms with Crippen molar-refractivity contribution in [3.05, 3.63) is 53.6 Å². The van der Waals surface area contributed by atoms with E-state index in [0.717, 1.165) is 17.7 Å². The lowest BCUT2D eigenvalue weighted by molar-refractivity contribution is -0.137. The molecule has 0 aliphatic rings. The molecule has 2 rings (SSSR count). The zero-order valence-electron chi connectivity index (χ0n) is 11.6. The van der Waals surface area contributed by atoms with Crippen molar-refractivity contribution in [2.24, 2.45) is 0 Å². The minimum absolute atomic E-state index is 0.460. The van der Waals surface area contributed by atoms with Crippen LogP contribution in [0.1, 0.15) is 11.1 Å². The van der Waals surface area contributed by atoms with Gasteiger partial charge in [-0.3, -0.25) is 0 Å². The average Bonchev–Trinajstić information content (AvgIpc) is 2.45. The Morgan fingerprint density at radius 2 is 1.81 bits per heavy atom. The zero-order chi connectivity index (χ0) is 15.5. The standard InChI is InChI=1S/C16H16F3NO/c1-21-9-8-11-4-3-7-14(15(11)20)12-5-2-6-13(10-12)16(17,18)19/h2-7,10H,8-9,20H2,1H3. The molecule has 0 amide bonds. The number of nitrogens with two attached hydrogens (primary N) is 1. The summed E-state index contributed by atoms with van der Waals surface area (Å²) in [5.74, 6) is 0. The van der Waals surface area contributed by atoms with Gasteiger partial charge in [-0.25, -0.2) is 0 Å². The molecule has 0 aliphatic heterocycles. The molecule has 0 radical (unpaired) electrons. The largest absolute Gasteiger partial charge is 0.416 e. The Bertz CT molecular complexity index is 623. The Morgan fingerprint density at radius 3 is 2.48 bits per heavy atom. The zero-order valence-corrected chi connectivity index (χ0v) is 11.6. The molecule has 5 heteroatoms. The van der Waals surface area contributed by atoms with Crippen LogP contribution in [0.15, 0.2) is 42.5 Å². The first-order valence-corrected chi connectivity index (χ1v) is 6.47. The monoisotopic (exact) mass is 295 g/mol. The van der Waals surface area contributed by atoms with E-state index < -0.39 is 11.7 Å².